The minimum Gasteiger partial charge on any atom is -0.334 e. The molecule has 2 atom stereocenters. The number of nitrogens with one attached hydrogen (secondary N) is 1. The van der Waals surface area contributed by atoms with E-state index in [0.29, 0.717) is 6.04 Å². The van der Waals surface area contributed by atoms with Crippen LogP contribution in [0.1, 0.15) is 39.3 Å². The SMILES string of the molecule is CC(C)N1CCC(Cn2cncc2C2(C)CCNC2)C1. The lowest BCUT2D eigenvalue weighted by molar-refractivity contribution is 0.259. The Labute approximate surface area is 122 Å². The second-order valence-corrected chi connectivity index (χ2v) is 7.16. The topological polar surface area (TPSA) is 33.1 Å². The largest absolute Gasteiger partial charge is 0.334 e. The molecule has 1 N–H and O–H groups in total. The van der Waals surface area contributed by atoms with Crippen molar-refractivity contribution in [3.8, 4) is 0 Å². The van der Waals surface area contributed by atoms with E-state index in [2.05, 4.69) is 46.7 Å². The predicted molar refractivity (Wildman–Crippen MR) is 81.9 cm³/mol. The molecule has 0 radical (unpaired) electrons. The second-order valence-electron chi connectivity index (χ2n) is 7.16. The predicted octanol–water partition coefficient (Wildman–Crippen LogP) is 1.86. The van der Waals surface area contributed by atoms with Crippen LogP contribution in [0, 0.1) is 5.92 Å². The van der Waals surface area contributed by atoms with Gasteiger partial charge in [-0.1, -0.05) is 6.92 Å². The first kappa shape index (κ1) is 14.1. The van der Waals surface area contributed by atoms with Gasteiger partial charge in [-0.3, -0.25) is 0 Å². The Kier molecular flexibility index (Phi) is 3.87. The van der Waals surface area contributed by atoms with Crippen molar-refractivity contribution < 1.29 is 0 Å². The monoisotopic (exact) mass is 276 g/mol. The minimum atomic E-state index is 0.271. The van der Waals surface area contributed by atoms with E-state index in [9.17, 15) is 0 Å². The molecule has 0 saturated carbocycles. The van der Waals surface area contributed by atoms with E-state index in [0.717, 1.165) is 25.6 Å². The van der Waals surface area contributed by atoms with Crippen LogP contribution >= 0.6 is 0 Å². The molecule has 0 aliphatic carbocycles. The summed E-state index contributed by atoms with van der Waals surface area (Å²) in [6.45, 7) is 12.8. The van der Waals surface area contributed by atoms with E-state index < -0.39 is 0 Å². The van der Waals surface area contributed by atoms with Gasteiger partial charge in [0.25, 0.3) is 0 Å². The van der Waals surface area contributed by atoms with Crippen molar-refractivity contribution in [2.24, 2.45) is 5.92 Å². The zero-order chi connectivity index (χ0) is 14.2. The zero-order valence-electron chi connectivity index (χ0n) is 13.1. The molecule has 20 heavy (non-hydrogen) atoms. The molecule has 1 aromatic heterocycles. The standard InChI is InChI=1S/C16H28N4/c1-13(2)19-7-4-14(9-19)10-20-12-18-8-15(20)16(3)5-6-17-11-16/h8,12-14,17H,4-7,9-11H2,1-3H3. The lowest BCUT2D eigenvalue weighted by atomic mass is 9.86. The van der Waals surface area contributed by atoms with Crippen LogP contribution in [-0.2, 0) is 12.0 Å². The molecule has 0 aromatic carbocycles. The maximum Gasteiger partial charge on any atom is 0.0948 e. The van der Waals surface area contributed by atoms with Gasteiger partial charge >= 0.3 is 0 Å². The van der Waals surface area contributed by atoms with Crippen molar-refractivity contribution in [2.75, 3.05) is 26.2 Å². The lowest BCUT2D eigenvalue weighted by Gasteiger charge is -2.26. The number of hydrogen-bond acceptors (Lipinski definition) is 3. The van der Waals surface area contributed by atoms with Gasteiger partial charge in [0.15, 0.2) is 0 Å². The molecule has 112 valence electrons. The van der Waals surface area contributed by atoms with Gasteiger partial charge in [0.05, 0.1) is 6.33 Å². The molecule has 4 heteroatoms. The molecule has 3 heterocycles. The maximum absolute atomic E-state index is 4.43. The summed E-state index contributed by atoms with van der Waals surface area (Å²) in [5, 5.41) is 3.49. The molecule has 0 bridgehead atoms. The zero-order valence-corrected chi connectivity index (χ0v) is 13.1. The average Bonchev–Trinajstić information content (AvgIpc) is 3.10. The maximum atomic E-state index is 4.43. The normalized spacial score (nSPS) is 31.5. The fraction of sp³-hybridized carbons (Fsp3) is 0.812. The van der Waals surface area contributed by atoms with Crippen molar-refractivity contribution in [1.82, 2.24) is 19.8 Å². The first-order valence-electron chi connectivity index (χ1n) is 8.04. The van der Waals surface area contributed by atoms with Crippen LogP contribution in [0.25, 0.3) is 0 Å². The third-order valence-electron chi connectivity index (χ3n) is 5.20. The van der Waals surface area contributed by atoms with E-state index in [1.165, 1.54) is 31.6 Å². The lowest BCUT2D eigenvalue weighted by Crippen LogP contribution is -2.30. The third-order valence-corrected chi connectivity index (χ3v) is 5.20. The van der Waals surface area contributed by atoms with Crippen molar-refractivity contribution in [2.45, 2.75) is 51.6 Å². The summed E-state index contributed by atoms with van der Waals surface area (Å²) >= 11 is 0. The van der Waals surface area contributed by atoms with Crippen LogP contribution in [0.4, 0.5) is 0 Å². The summed E-state index contributed by atoms with van der Waals surface area (Å²) < 4.78 is 2.42. The Morgan fingerprint density at radius 2 is 2.35 bits per heavy atom. The average molecular weight is 276 g/mol. The summed E-state index contributed by atoms with van der Waals surface area (Å²) in [5.41, 5.74) is 1.69. The van der Waals surface area contributed by atoms with Gasteiger partial charge in [0, 0.05) is 43.0 Å². The first-order valence-corrected chi connectivity index (χ1v) is 8.04. The van der Waals surface area contributed by atoms with Gasteiger partial charge in [0.2, 0.25) is 0 Å². The Balaban J connectivity index is 1.69. The fourth-order valence-electron chi connectivity index (χ4n) is 3.76. The van der Waals surface area contributed by atoms with Crippen molar-refractivity contribution in [1.29, 1.82) is 0 Å². The number of likely N-dealkylation sites (tertiary alicyclic amines) is 1. The Bertz CT molecular complexity index is 445. The minimum absolute atomic E-state index is 0.271. The summed E-state index contributed by atoms with van der Waals surface area (Å²) in [7, 11) is 0. The molecule has 1 aromatic rings. The van der Waals surface area contributed by atoms with Gasteiger partial charge in [-0.05, 0) is 45.7 Å². The molecule has 2 aliphatic rings. The summed E-state index contributed by atoms with van der Waals surface area (Å²) in [6.07, 6.45) is 6.67. The fourth-order valence-corrected chi connectivity index (χ4v) is 3.76. The highest BCUT2D eigenvalue weighted by Gasteiger charge is 2.34. The molecule has 2 unspecified atom stereocenters. The molecule has 0 spiro atoms. The van der Waals surface area contributed by atoms with Gasteiger partial charge in [-0.2, -0.15) is 0 Å². The van der Waals surface area contributed by atoms with Crippen molar-refractivity contribution >= 4 is 0 Å². The smallest absolute Gasteiger partial charge is 0.0948 e. The van der Waals surface area contributed by atoms with E-state index >= 15 is 0 Å². The van der Waals surface area contributed by atoms with Crippen LogP contribution < -0.4 is 5.32 Å². The number of hydrogen-bond donors (Lipinski definition) is 1. The van der Waals surface area contributed by atoms with E-state index in [1.54, 1.807) is 0 Å². The molecule has 4 nitrogen and oxygen atoms in total. The van der Waals surface area contributed by atoms with E-state index in [4.69, 9.17) is 0 Å². The quantitative estimate of drug-likeness (QED) is 0.911. The van der Waals surface area contributed by atoms with Crippen molar-refractivity contribution in [3.63, 3.8) is 0 Å². The van der Waals surface area contributed by atoms with Gasteiger partial charge in [-0.15, -0.1) is 0 Å². The molecule has 3 rings (SSSR count). The van der Waals surface area contributed by atoms with Crippen LogP contribution in [0.5, 0.6) is 0 Å². The molecule has 2 aliphatic heterocycles. The molecule has 2 fully saturated rings. The molecule has 2 saturated heterocycles. The number of imidazole rings is 1. The number of nitrogens with zero attached hydrogens (tertiary/aromatic N) is 3. The highest BCUT2D eigenvalue weighted by molar-refractivity contribution is 5.17. The summed E-state index contributed by atoms with van der Waals surface area (Å²) in [5.74, 6) is 0.781. The first-order chi connectivity index (χ1) is 9.58. The molecular weight excluding hydrogens is 248 g/mol. The highest BCUT2D eigenvalue weighted by atomic mass is 15.2. The van der Waals surface area contributed by atoms with Gasteiger partial charge in [0.1, 0.15) is 0 Å². The van der Waals surface area contributed by atoms with Gasteiger partial charge < -0.3 is 14.8 Å². The Morgan fingerprint density at radius 1 is 1.50 bits per heavy atom. The van der Waals surface area contributed by atoms with E-state index in [-0.39, 0.29) is 5.41 Å². The number of rotatable bonds is 4. The number of aromatic nitrogens is 2. The highest BCUT2D eigenvalue weighted by Crippen LogP contribution is 2.31. The molecule has 0 amide bonds. The van der Waals surface area contributed by atoms with Crippen molar-refractivity contribution in [3.05, 3.63) is 18.2 Å². The third kappa shape index (κ3) is 2.63. The molecular formula is C16H28N4. The Hall–Kier alpha value is -0.870. The summed E-state index contributed by atoms with van der Waals surface area (Å²) in [6, 6.07) is 0.679. The van der Waals surface area contributed by atoms with Gasteiger partial charge in [-0.25, -0.2) is 4.98 Å². The van der Waals surface area contributed by atoms with Crippen LogP contribution in [0.15, 0.2) is 12.5 Å². The van der Waals surface area contributed by atoms with Crippen LogP contribution in [0.3, 0.4) is 0 Å². The second kappa shape index (κ2) is 5.49. The van der Waals surface area contributed by atoms with Crippen LogP contribution in [0.2, 0.25) is 0 Å². The van der Waals surface area contributed by atoms with E-state index in [1.807, 2.05) is 6.33 Å². The van der Waals surface area contributed by atoms with Crippen LogP contribution in [-0.4, -0.2) is 46.7 Å². The summed E-state index contributed by atoms with van der Waals surface area (Å²) in [4.78, 5) is 7.03. The Morgan fingerprint density at radius 3 is 3.00 bits per heavy atom.